The number of nitrogens with two attached hydrogens (primary N) is 1. The lowest BCUT2D eigenvalue weighted by Crippen LogP contribution is -1.98. The van der Waals surface area contributed by atoms with E-state index in [2.05, 4.69) is 5.32 Å². The molecule has 0 aliphatic rings. The highest BCUT2D eigenvalue weighted by atomic mass is 16.5. The first kappa shape index (κ1) is 11.3. The molecule has 17 heavy (non-hydrogen) atoms. The molecule has 0 saturated carbocycles. The van der Waals surface area contributed by atoms with Crippen LogP contribution in [0.2, 0.25) is 0 Å². The summed E-state index contributed by atoms with van der Waals surface area (Å²) in [5, 5.41) is 3.02. The van der Waals surface area contributed by atoms with Gasteiger partial charge in [-0.15, -0.1) is 0 Å². The summed E-state index contributed by atoms with van der Waals surface area (Å²) in [4.78, 5) is 0. The van der Waals surface area contributed by atoms with Gasteiger partial charge in [-0.2, -0.15) is 0 Å². The van der Waals surface area contributed by atoms with Crippen LogP contribution in [0.25, 0.3) is 0 Å². The molecule has 2 rings (SSSR count). The SMILES string of the molecule is CNc1ccc(OCc2ccccc2)cc1N. The smallest absolute Gasteiger partial charge is 0.122 e. The van der Waals surface area contributed by atoms with Crippen molar-refractivity contribution in [2.24, 2.45) is 0 Å². The molecule has 0 fully saturated rings. The van der Waals surface area contributed by atoms with Gasteiger partial charge in [-0.3, -0.25) is 0 Å². The maximum atomic E-state index is 5.86. The number of nitrogens with one attached hydrogen (secondary N) is 1. The minimum Gasteiger partial charge on any atom is -0.489 e. The molecule has 0 heterocycles. The van der Waals surface area contributed by atoms with E-state index in [0.717, 1.165) is 17.0 Å². The van der Waals surface area contributed by atoms with Crippen LogP contribution >= 0.6 is 0 Å². The lowest BCUT2D eigenvalue weighted by Gasteiger charge is -2.09. The molecule has 3 N–H and O–H groups in total. The van der Waals surface area contributed by atoms with Gasteiger partial charge in [0.15, 0.2) is 0 Å². The number of nitrogen functional groups attached to an aromatic ring is 1. The highest BCUT2D eigenvalue weighted by Crippen LogP contribution is 2.24. The van der Waals surface area contributed by atoms with Crippen molar-refractivity contribution in [2.45, 2.75) is 6.61 Å². The zero-order chi connectivity index (χ0) is 12.1. The van der Waals surface area contributed by atoms with Gasteiger partial charge < -0.3 is 15.8 Å². The molecule has 0 bridgehead atoms. The van der Waals surface area contributed by atoms with E-state index in [1.54, 1.807) is 0 Å². The summed E-state index contributed by atoms with van der Waals surface area (Å²) in [5.41, 5.74) is 8.61. The Morgan fingerprint density at radius 3 is 2.53 bits per heavy atom. The van der Waals surface area contributed by atoms with Crippen molar-refractivity contribution in [1.82, 2.24) is 0 Å². The van der Waals surface area contributed by atoms with Crippen LogP contribution in [0.5, 0.6) is 5.75 Å². The molecule has 3 nitrogen and oxygen atoms in total. The molecule has 0 saturated heterocycles. The first-order valence-corrected chi connectivity index (χ1v) is 5.53. The van der Waals surface area contributed by atoms with Gasteiger partial charge in [0, 0.05) is 13.1 Å². The van der Waals surface area contributed by atoms with Crippen molar-refractivity contribution in [3.63, 3.8) is 0 Å². The predicted octanol–water partition coefficient (Wildman–Crippen LogP) is 2.89. The molecule has 0 unspecified atom stereocenters. The molecule has 0 spiro atoms. The second kappa shape index (κ2) is 5.25. The molecule has 0 aromatic heterocycles. The third-order valence-electron chi connectivity index (χ3n) is 2.54. The fourth-order valence-electron chi connectivity index (χ4n) is 1.60. The Labute approximate surface area is 101 Å². The topological polar surface area (TPSA) is 47.3 Å². The summed E-state index contributed by atoms with van der Waals surface area (Å²) in [6.45, 7) is 0.555. The lowest BCUT2D eigenvalue weighted by molar-refractivity contribution is 0.306. The lowest BCUT2D eigenvalue weighted by atomic mass is 10.2. The Balaban J connectivity index is 2.02. The van der Waals surface area contributed by atoms with Crippen LogP contribution in [-0.4, -0.2) is 7.05 Å². The van der Waals surface area contributed by atoms with Gasteiger partial charge in [0.1, 0.15) is 12.4 Å². The van der Waals surface area contributed by atoms with Gasteiger partial charge in [-0.05, 0) is 17.7 Å². The van der Waals surface area contributed by atoms with E-state index in [4.69, 9.17) is 10.5 Å². The first-order chi connectivity index (χ1) is 8.29. The van der Waals surface area contributed by atoms with Crippen LogP contribution in [-0.2, 0) is 6.61 Å². The fraction of sp³-hybridized carbons (Fsp3) is 0.143. The van der Waals surface area contributed by atoms with Gasteiger partial charge in [-0.1, -0.05) is 30.3 Å². The standard InChI is InChI=1S/C14H16N2O/c1-16-14-8-7-12(9-13(14)15)17-10-11-5-3-2-4-6-11/h2-9,16H,10,15H2,1H3. The van der Waals surface area contributed by atoms with E-state index < -0.39 is 0 Å². The summed E-state index contributed by atoms with van der Waals surface area (Å²) in [6.07, 6.45) is 0. The van der Waals surface area contributed by atoms with Crippen molar-refractivity contribution in [1.29, 1.82) is 0 Å². The van der Waals surface area contributed by atoms with E-state index >= 15 is 0 Å². The summed E-state index contributed by atoms with van der Waals surface area (Å²) in [7, 11) is 1.84. The summed E-state index contributed by atoms with van der Waals surface area (Å²) >= 11 is 0. The average molecular weight is 228 g/mol. The van der Waals surface area contributed by atoms with Gasteiger partial charge in [0.25, 0.3) is 0 Å². The molecule has 3 heteroatoms. The van der Waals surface area contributed by atoms with E-state index in [0.29, 0.717) is 12.3 Å². The average Bonchev–Trinajstić information content (AvgIpc) is 2.38. The number of ether oxygens (including phenoxy) is 1. The van der Waals surface area contributed by atoms with Gasteiger partial charge in [0.05, 0.1) is 11.4 Å². The van der Waals surface area contributed by atoms with Crippen LogP contribution in [0.3, 0.4) is 0 Å². The third-order valence-corrected chi connectivity index (χ3v) is 2.54. The van der Waals surface area contributed by atoms with Crippen LogP contribution in [0, 0.1) is 0 Å². The Bertz CT molecular complexity index is 483. The highest BCUT2D eigenvalue weighted by molar-refractivity contribution is 5.67. The quantitative estimate of drug-likeness (QED) is 0.791. The normalized spacial score (nSPS) is 9.94. The van der Waals surface area contributed by atoms with Crippen LogP contribution < -0.4 is 15.8 Å². The van der Waals surface area contributed by atoms with Gasteiger partial charge in [0.2, 0.25) is 0 Å². The molecule has 0 aliphatic carbocycles. The second-order valence-electron chi connectivity index (χ2n) is 3.77. The monoisotopic (exact) mass is 228 g/mol. The van der Waals surface area contributed by atoms with Crippen molar-refractivity contribution in [2.75, 3.05) is 18.1 Å². The number of anilines is 2. The maximum Gasteiger partial charge on any atom is 0.122 e. The fourth-order valence-corrected chi connectivity index (χ4v) is 1.60. The van der Waals surface area contributed by atoms with Crippen LogP contribution in [0.15, 0.2) is 48.5 Å². The minimum absolute atomic E-state index is 0.555. The van der Waals surface area contributed by atoms with Gasteiger partial charge in [-0.25, -0.2) is 0 Å². The molecular formula is C14H16N2O. The van der Waals surface area contributed by atoms with Crippen LogP contribution in [0.4, 0.5) is 11.4 Å². The van der Waals surface area contributed by atoms with E-state index in [1.165, 1.54) is 0 Å². The molecule has 0 atom stereocenters. The predicted molar refractivity (Wildman–Crippen MR) is 71.2 cm³/mol. The zero-order valence-electron chi connectivity index (χ0n) is 9.81. The van der Waals surface area contributed by atoms with Crippen LogP contribution in [0.1, 0.15) is 5.56 Å². The van der Waals surface area contributed by atoms with Crippen molar-refractivity contribution in [3.05, 3.63) is 54.1 Å². The first-order valence-electron chi connectivity index (χ1n) is 5.53. The van der Waals surface area contributed by atoms with Gasteiger partial charge >= 0.3 is 0 Å². The van der Waals surface area contributed by atoms with E-state index in [9.17, 15) is 0 Å². The highest BCUT2D eigenvalue weighted by Gasteiger charge is 2.00. The van der Waals surface area contributed by atoms with Crippen molar-refractivity contribution in [3.8, 4) is 5.75 Å². The largest absolute Gasteiger partial charge is 0.489 e. The molecule has 2 aromatic carbocycles. The molecule has 0 radical (unpaired) electrons. The van der Waals surface area contributed by atoms with Crippen molar-refractivity contribution < 1.29 is 4.74 Å². The zero-order valence-corrected chi connectivity index (χ0v) is 9.81. The molecule has 0 amide bonds. The molecule has 88 valence electrons. The second-order valence-corrected chi connectivity index (χ2v) is 3.77. The van der Waals surface area contributed by atoms with Crippen molar-refractivity contribution >= 4 is 11.4 Å². The number of benzene rings is 2. The number of hydrogen-bond donors (Lipinski definition) is 2. The summed E-state index contributed by atoms with van der Waals surface area (Å²) in [6, 6.07) is 15.7. The Morgan fingerprint density at radius 2 is 1.88 bits per heavy atom. The number of rotatable bonds is 4. The molecular weight excluding hydrogens is 212 g/mol. The Hall–Kier alpha value is -2.16. The van der Waals surface area contributed by atoms with E-state index in [-0.39, 0.29) is 0 Å². The maximum absolute atomic E-state index is 5.86. The summed E-state index contributed by atoms with van der Waals surface area (Å²) < 4.78 is 5.66. The molecule has 2 aromatic rings. The minimum atomic E-state index is 0.555. The summed E-state index contributed by atoms with van der Waals surface area (Å²) in [5.74, 6) is 0.783. The molecule has 0 aliphatic heterocycles. The van der Waals surface area contributed by atoms with E-state index in [1.807, 2.05) is 55.6 Å². The Morgan fingerprint density at radius 1 is 1.12 bits per heavy atom. The Kier molecular flexibility index (Phi) is 3.50. The third kappa shape index (κ3) is 2.91. The number of hydrogen-bond acceptors (Lipinski definition) is 3.